The van der Waals surface area contributed by atoms with Crippen LogP contribution in [0.25, 0.3) is 10.2 Å². The van der Waals surface area contributed by atoms with Crippen molar-refractivity contribution in [3.63, 3.8) is 0 Å². The average Bonchev–Trinajstić information content (AvgIpc) is 3.15. The summed E-state index contributed by atoms with van der Waals surface area (Å²) in [6.07, 6.45) is 1.02. The number of rotatable bonds is 6. The van der Waals surface area contributed by atoms with Crippen LogP contribution in [0.3, 0.4) is 0 Å². The Hall–Kier alpha value is -2.29. The number of fused-ring (bicyclic) bond motifs is 1. The molecule has 0 unspecified atom stereocenters. The van der Waals surface area contributed by atoms with Crippen LogP contribution >= 0.6 is 11.3 Å². The van der Waals surface area contributed by atoms with E-state index in [9.17, 15) is 13.2 Å². The molecule has 1 aliphatic rings. The number of hydrogen-bond acceptors (Lipinski definition) is 5. The SMILES string of the molecule is O=C(CCc1nc2ccccc2s1)N1CCN(S(=O)(=O)Cc2ccccc2)CC1. The van der Waals surface area contributed by atoms with Gasteiger partial charge in [0.15, 0.2) is 0 Å². The van der Waals surface area contributed by atoms with Gasteiger partial charge in [0.25, 0.3) is 0 Å². The first-order valence-electron chi connectivity index (χ1n) is 9.65. The molecule has 0 atom stereocenters. The Labute approximate surface area is 174 Å². The number of carbonyl (C=O) groups is 1. The number of benzene rings is 2. The third kappa shape index (κ3) is 4.83. The Balaban J connectivity index is 1.29. The molecule has 0 spiro atoms. The Morgan fingerprint density at radius 2 is 1.66 bits per heavy atom. The number of amides is 1. The van der Waals surface area contributed by atoms with Crippen LogP contribution in [0.2, 0.25) is 0 Å². The number of aryl methyl sites for hydroxylation is 1. The third-order valence-electron chi connectivity index (χ3n) is 5.07. The summed E-state index contributed by atoms with van der Waals surface area (Å²) in [5.41, 5.74) is 1.75. The fraction of sp³-hybridized carbons (Fsp3) is 0.333. The summed E-state index contributed by atoms with van der Waals surface area (Å²) < 4.78 is 27.9. The van der Waals surface area contributed by atoms with E-state index >= 15 is 0 Å². The smallest absolute Gasteiger partial charge is 0.223 e. The molecule has 1 fully saturated rings. The lowest BCUT2D eigenvalue weighted by Gasteiger charge is -2.34. The molecule has 1 aromatic heterocycles. The van der Waals surface area contributed by atoms with Crippen LogP contribution in [0.15, 0.2) is 54.6 Å². The van der Waals surface area contributed by atoms with Crippen LogP contribution < -0.4 is 0 Å². The van der Waals surface area contributed by atoms with Gasteiger partial charge in [-0.3, -0.25) is 4.79 Å². The summed E-state index contributed by atoms with van der Waals surface area (Å²) in [5.74, 6) is 0.0590. The number of hydrogen-bond donors (Lipinski definition) is 0. The van der Waals surface area contributed by atoms with Crippen molar-refractivity contribution in [2.75, 3.05) is 26.2 Å². The minimum absolute atomic E-state index is 0.000602. The molecule has 1 aliphatic heterocycles. The Morgan fingerprint density at radius 1 is 0.966 bits per heavy atom. The lowest BCUT2D eigenvalue weighted by atomic mass is 10.2. The van der Waals surface area contributed by atoms with Gasteiger partial charge >= 0.3 is 0 Å². The van der Waals surface area contributed by atoms with Gasteiger partial charge in [0.2, 0.25) is 15.9 Å². The van der Waals surface area contributed by atoms with Crippen molar-refractivity contribution in [1.29, 1.82) is 0 Å². The van der Waals surface area contributed by atoms with Crippen molar-refractivity contribution in [3.8, 4) is 0 Å². The highest BCUT2D eigenvalue weighted by Crippen LogP contribution is 2.23. The molecule has 4 rings (SSSR count). The van der Waals surface area contributed by atoms with Crippen LogP contribution in [0.4, 0.5) is 0 Å². The van der Waals surface area contributed by atoms with Crippen LogP contribution in [-0.4, -0.2) is 54.7 Å². The standard InChI is InChI=1S/C21H23N3O3S2/c25-21(11-10-20-22-18-8-4-5-9-19(18)28-20)23-12-14-24(15-13-23)29(26,27)16-17-6-2-1-3-7-17/h1-9H,10-16H2. The van der Waals surface area contributed by atoms with Crippen LogP contribution in [0.1, 0.15) is 17.0 Å². The summed E-state index contributed by atoms with van der Waals surface area (Å²) in [6.45, 7) is 1.57. The summed E-state index contributed by atoms with van der Waals surface area (Å²) in [6, 6.07) is 17.1. The van der Waals surface area contributed by atoms with Crippen molar-refractivity contribution in [2.24, 2.45) is 0 Å². The van der Waals surface area contributed by atoms with Crippen molar-refractivity contribution >= 4 is 37.5 Å². The molecule has 0 radical (unpaired) electrons. The van der Waals surface area contributed by atoms with E-state index in [1.54, 1.807) is 16.2 Å². The molecule has 0 bridgehead atoms. The van der Waals surface area contributed by atoms with Gasteiger partial charge in [-0.25, -0.2) is 13.4 Å². The van der Waals surface area contributed by atoms with E-state index in [-0.39, 0.29) is 11.7 Å². The number of para-hydroxylation sites is 1. The topological polar surface area (TPSA) is 70.6 Å². The zero-order chi connectivity index (χ0) is 20.3. The molecule has 1 amide bonds. The quantitative estimate of drug-likeness (QED) is 0.604. The van der Waals surface area contributed by atoms with Gasteiger partial charge < -0.3 is 4.90 Å². The molecule has 0 aliphatic carbocycles. The van der Waals surface area contributed by atoms with Crippen molar-refractivity contribution < 1.29 is 13.2 Å². The molecule has 152 valence electrons. The number of thiazole rings is 1. The minimum atomic E-state index is -3.37. The molecular weight excluding hydrogens is 406 g/mol. The van der Waals surface area contributed by atoms with E-state index in [0.717, 1.165) is 20.8 Å². The predicted octanol–water partition coefficient (Wildman–Crippen LogP) is 2.90. The number of piperazine rings is 1. The molecule has 0 N–H and O–H groups in total. The first kappa shape index (κ1) is 20.0. The highest BCUT2D eigenvalue weighted by atomic mass is 32.2. The van der Waals surface area contributed by atoms with E-state index in [1.165, 1.54) is 4.31 Å². The van der Waals surface area contributed by atoms with Crippen molar-refractivity contribution in [3.05, 3.63) is 65.2 Å². The molecule has 2 heterocycles. The molecule has 6 nitrogen and oxygen atoms in total. The van der Waals surface area contributed by atoms with Crippen LogP contribution in [0, 0.1) is 0 Å². The second kappa shape index (κ2) is 8.61. The fourth-order valence-electron chi connectivity index (χ4n) is 3.49. The Kier molecular flexibility index (Phi) is 5.94. The van der Waals surface area contributed by atoms with Gasteiger partial charge in [0, 0.05) is 39.0 Å². The lowest BCUT2D eigenvalue weighted by Crippen LogP contribution is -2.50. The number of carbonyl (C=O) groups excluding carboxylic acids is 1. The fourth-order valence-corrected chi connectivity index (χ4v) is 5.97. The zero-order valence-corrected chi connectivity index (χ0v) is 17.7. The maximum atomic E-state index is 12.6. The third-order valence-corrected chi connectivity index (χ3v) is 8.01. The second-order valence-corrected chi connectivity index (χ2v) is 10.2. The van der Waals surface area contributed by atoms with Crippen molar-refractivity contribution in [2.45, 2.75) is 18.6 Å². The van der Waals surface area contributed by atoms with E-state index in [2.05, 4.69) is 4.98 Å². The van der Waals surface area contributed by atoms with Gasteiger partial charge in [0.1, 0.15) is 0 Å². The molecule has 0 saturated carbocycles. The molecule has 3 aromatic rings. The van der Waals surface area contributed by atoms with E-state index < -0.39 is 10.0 Å². The molecule has 29 heavy (non-hydrogen) atoms. The molecule has 2 aromatic carbocycles. The van der Waals surface area contributed by atoms with Gasteiger partial charge in [-0.1, -0.05) is 42.5 Å². The lowest BCUT2D eigenvalue weighted by molar-refractivity contribution is -0.132. The minimum Gasteiger partial charge on any atom is -0.340 e. The number of sulfonamides is 1. The summed E-state index contributed by atoms with van der Waals surface area (Å²) in [4.78, 5) is 18.9. The van der Waals surface area contributed by atoms with Crippen LogP contribution in [-0.2, 0) is 27.0 Å². The maximum absolute atomic E-state index is 12.6. The Morgan fingerprint density at radius 3 is 2.38 bits per heavy atom. The highest BCUT2D eigenvalue weighted by Gasteiger charge is 2.28. The summed E-state index contributed by atoms with van der Waals surface area (Å²) >= 11 is 1.62. The molecular formula is C21H23N3O3S2. The maximum Gasteiger partial charge on any atom is 0.223 e. The van der Waals surface area contributed by atoms with E-state index in [0.29, 0.717) is 39.0 Å². The van der Waals surface area contributed by atoms with E-state index in [4.69, 9.17) is 0 Å². The molecule has 1 saturated heterocycles. The summed E-state index contributed by atoms with van der Waals surface area (Å²) in [7, 11) is -3.37. The van der Waals surface area contributed by atoms with E-state index in [1.807, 2.05) is 54.6 Å². The van der Waals surface area contributed by atoms with Crippen LogP contribution in [0.5, 0.6) is 0 Å². The van der Waals surface area contributed by atoms with Crippen molar-refractivity contribution in [1.82, 2.24) is 14.2 Å². The van der Waals surface area contributed by atoms with Gasteiger partial charge in [-0.15, -0.1) is 11.3 Å². The van der Waals surface area contributed by atoms with Gasteiger partial charge in [0.05, 0.1) is 21.0 Å². The average molecular weight is 430 g/mol. The number of nitrogens with zero attached hydrogens (tertiary/aromatic N) is 3. The largest absolute Gasteiger partial charge is 0.340 e. The first-order valence-corrected chi connectivity index (χ1v) is 12.1. The first-order chi connectivity index (χ1) is 14.0. The summed E-state index contributed by atoms with van der Waals surface area (Å²) in [5, 5.41) is 0.962. The van der Waals surface area contributed by atoms with Gasteiger partial charge in [-0.05, 0) is 17.7 Å². The Bertz CT molecular complexity index is 1060. The molecule has 8 heteroatoms. The van der Waals surface area contributed by atoms with Gasteiger partial charge in [-0.2, -0.15) is 4.31 Å². The second-order valence-electron chi connectivity index (χ2n) is 7.10. The highest BCUT2D eigenvalue weighted by molar-refractivity contribution is 7.88. The predicted molar refractivity (Wildman–Crippen MR) is 115 cm³/mol. The number of aromatic nitrogens is 1. The zero-order valence-electron chi connectivity index (χ0n) is 16.0. The normalized spacial score (nSPS) is 15.7. The monoisotopic (exact) mass is 429 g/mol.